The summed E-state index contributed by atoms with van der Waals surface area (Å²) in [6.45, 7) is 10.7. The lowest BCUT2D eigenvalue weighted by Crippen LogP contribution is -2.27. The van der Waals surface area contributed by atoms with Crippen molar-refractivity contribution in [2.45, 2.75) is 41.0 Å². The Morgan fingerprint density at radius 2 is 1.65 bits per heavy atom. The van der Waals surface area contributed by atoms with Gasteiger partial charge in [-0.3, -0.25) is 4.79 Å². The Kier molecular flexibility index (Phi) is 4.10. The van der Waals surface area contributed by atoms with Crippen LogP contribution in [0, 0.1) is 26.2 Å². The highest BCUT2D eigenvalue weighted by Crippen LogP contribution is 2.24. The van der Waals surface area contributed by atoms with E-state index in [-0.39, 0.29) is 11.2 Å². The monoisotopic (exact) mass is 233 g/mol. The number of rotatable bonds is 4. The zero-order chi connectivity index (χ0) is 13.2. The molecule has 0 unspecified atom stereocenters. The van der Waals surface area contributed by atoms with Gasteiger partial charge in [-0.15, -0.1) is 0 Å². The Balaban J connectivity index is 3.01. The Morgan fingerprint density at radius 3 is 2.18 bits per heavy atom. The minimum Gasteiger partial charge on any atom is -0.330 e. The second-order valence-corrected chi connectivity index (χ2v) is 5.72. The number of benzene rings is 1. The van der Waals surface area contributed by atoms with Crippen LogP contribution in [0.2, 0.25) is 0 Å². The number of aryl methyl sites for hydroxylation is 3. The van der Waals surface area contributed by atoms with Crippen molar-refractivity contribution in [2.24, 2.45) is 11.1 Å². The summed E-state index contributed by atoms with van der Waals surface area (Å²) in [4.78, 5) is 12.2. The fourth-order valence-electron chi connectivity index (χ4n) is 1.86. The van der Waals surface area contributed by atoms with Crippen LogP contribution in [-0.2, 0) is 0 Å². The first-order valence-corrected chi connectivity index (χ1v) is 6.08. The summed E-state index contributed by atoms with van der Waals surface area (Å²) in [6.07, 6.45) is 0.507. The maximum absolute atomic E-state index is 12.2. The van der Waals surface area contributed by atoms with E-state index in [0.29, 0.717) is 13.0 Å². The van der Waals surface area contributed by atoms with Gasteiger partial charge in [-0.05, 0) is 55.5 Å². The first-order chi connectivity index (χ1) is 7.76. The maximum atomic E-state index is 12.2. The van der Waals surface area contributed by atoms with Crippen LogP contribution in [-0.4, -0.2) is 12.3 Å². The van der Waals surface area contributed by atoms with E-state index in [9.17, 15) is 4.79 Å². The summed E-state index contributed by atoms with van der Waals surface area (Å²) in [5.74, 6) is 0.195. The Hall–Kier alpha value is -1.15. The van der Waals surface area contributed by atoms with Gasteiger partial charge in [0.15, 0.2) is 5.78 Å². The third kappa shape index (κ3) is 3.40. The normalized spacial score (nSPS) is 11.6. The van der Waals surface area contributed by atoms with Gasteiger partial charge >= 0.3 is 0 Å². The molecule has 2 nitrogen and oxygen atoms in total. The van der Waals surface area contributed by atoms with Gasteiger partial charge in [-0.25, -0.2) is 0 Å². The van der Waals surface area contributed by atoms with Crippen molar-refractivity contribution in [3.63, 3.8) is 0 Å². The van der Waals surface area contributed by atoms with Crippen molar-refractivity contribution < 1.29 is 4.79 Å². The van der Waals surface area contributed by atoms with Crippen molar-refractivity contribution in [1.29, 1.82) is 0 Å². The molecule has 0 saturated carbocycles. The Labute approximate surface area is 104 Å². The number of Topliss-reactive ketones (excluding diaryl/α,β-unsaturated/α-hetero) is 1. The van der Waals surface area contributed by atoms with Gasteiger partial charge in [0.1, 0.15) is 0 Å². The molecule has 0 saturated heterocycles. The molecule has 2 heteroatoms. The topological polar surface area (TPSA) is 43.1 Å². The minimum absolute atomic E-state index is 0.123. The molecule has 0 aliphatic carbocycles. The van der Waals surface area contributed by atoms with Gasteiger partial charge in [-0.1, -0.05) is 19.9 Å². The summed E-state index contributed by atoms with van der Waals surface area (Å²) >= 11 is 0. The van der Waals surface area contributed by atoms with Gasteiger partial charge in [0, 0.05) is 12.0 Å². The van der Waals surface area contributed by atoms with Gasteiger partial charge < -0.3 is 5.73 Å². The molecule has 0 radical (unpaired) electrons. The molecule has 2 N–H and O–H groups in total. The lowest BCUT2D eigenvalue weighted by atomic mass is 9.84. The maximum Gasteiger partial charge on any atom is 0.163 e. The van der Waals surface area contributed by atoms with E-state index in [2.05, 4.69) is 13.0 Å². The molecule has 0 bridgehead atoms. The molecule has 94 valence electrons. The average Bonchev–Trinajstić information content (AvgIpc) is 2.22. The molecular weight excluding hydrogens is 210 g/mol. The fraction of sp³-hybridized carbons (Fsp3) is 0.533. The summed E-state index contributed by atoms with van der Waals surface area (Å²) in [5, 5.41) is 0. The summed E-state index contributed by atoms with van der Waals surface area (Å²) in [5.41, 5.74) is 9.86. The number of hydrogen-bond donors (Lipinski definition) is 1. The molecule has 1 aromatic rings. The van der Waals surface area contributed by atoms with E-state index in [0.717, 1.165) is 11.1 Å². The number of nitrogens with two attached hydrogens (primary N) is 1. The lowest BCUT2D eigenvalue weighted by molar-refractivity contribution is 0.0934. The van der Waals surface area contributed by atoms with E-state index >= 15 is 0 Å². The zero-order valence-corrected chi connectivity index (χ0v) is 11.6. The smallest absolute Gasteiger partial charge is 0.163 e. The highest BCUT2D eigenvalue weighted by molar-refractivity contribution is 5.98. The molecule has 0 spiro atoms. The van der Waals surface area contributed by atoms with Gasteiger partial charge in [0.25, 0.3) is 0 Å². The van der Waals surface area contributed by atoms with Crippen LogP contribution in [0.5, 0.6) is 0 Å². The number of ketones is 1. The molecule has 17 heavy (non-hydrogen) atoms. The number of carbonyl (C=O) groups is 1. The largest absolute Gasteiger partial charge is 0.330 e. The van der Waals surface area contributed by atoms with E-state index in [4.69, 9.17) is 5.73 Å². The van der Waals surface area contributed by atoms with Crippen LogP contribution in [0.15, 0.2) is 12.1 Å². The molecule has 0 fully saturated rings. The van der Waals surface area contributed by atoms with Crippen molar-refractivity contribution in [3.05, 3.63) is 34.4 Å². The molecule has 0 atom stereocenters. The van der Waals surface area contributed by atoms with Crippen LogP contribution >= 0.6 is 0 Å². The van der Waals surface area contributed by atoms with Crippen LogP contribution in [0.25, 0.3) is 0 Å². The summed E-state index contributed by atoms with van der Waals surface area (Å²) in [6, 6.07) is 4.08. The zero-order valence-electron chi connectivity index (χ0n) is 11.6. The van der Waals surface area contributed by atoms with E-state index in [1.54, 1.807) is 0 Å². The minimum atomic E-state index is -0.123. The second kappa shape index (κ2) is 5.01. The van der Waals surface area contributed by atoms with Gasteiger partial charge in [0.2, 0.25) is 0 Å². The first-order valence-electron chi connectivity index (χ1n) is 6.08. The molecular formula is C15H23NO. The van der Waals surface area contributed by atoms with E-state index in [1.165, 1.54) is 11.1 Å². The predicted molar refractivity (Wildman–Crippen MR) is 72.4 cm³/mol. The second-order valence-electron chi connectivity index (χ2n) is 5.72. The summed E-state index contributed by atoms with van der Waals surface area (Å²) in [7, 11) is 0. The fourth-order valence-corrected chi connectivity index (χ4v) is 1.86. The quantitative estimate of drug-likeness (QED) is 0.812. The standard InChI is InChI=1S/C15H23NO/c1-10-6-12(3)13(7-11(10)2)14(17)8-15(4,5)9-16/h6-7H,8-9,16H2,1-5H3. The third-order valence-electron chi connectivity index (χ3n) is 3.33. The van der Waals surface area contributed by atoms with E-state index < -0.39 is 0 Å². The van der Waals surface area contributed by atoms with Gasteiger partial charge in [-0.2, -0.15) is 0 Å². The highest BCUT2D eigenvalue weighted by Gasteiger charge is 2.22. The van der Waals surface area contributed by atoms with Crippen molar-refractivity contribution >= 4 is 5.78 Å². The van der Waals surface area contributed by atoms with Gasteiger partial charge in [0.05, 0.1) is 0 Å². The highest BCUT2D eigenvalue weighted by atomic mass is 16.1. The molecule has 1 rings (SSSR count). The molecule has 1 aromatic carbocycles. The average molecular weight is 233 g/mol. The third-order valence-corrected chi connectivity index (χ3v) is 3.33. The molecule has 0 aliphatic heterocycles. The Morgan fingerprint density at radius 1 is 1.12 bits per heavy atom. The molecule has 0 amide bonds. The van der Waals surface area contributed by atoms with Crippen molar-refractivity contribution in [3.8, 4) is 0 Å². The lowest BCUT2D eigenvalue weighted by Gasteiger charge is -2.21. The predicted octanol–water partition coefficient (Wildman–Crippen LogP) is 3.17. The first kappa shape index (κ1) is 13.9. The van der Waals surface area contributed by atoms with E-state index in [1.807, 2.05) is 33.8 Å². The SMILES string of the molecule is Cc1cc(C)c(C(=O)CC(C)(C)CN)cc1C. The number of carbonyl (C=O) groups excluding carboxylic acids is 1. The molecule has 0 heterocycles. The van der Waals surface area contributed by atoms with Crippen molar-refractivity contribution in [1.82, 2.24) is 0 Å². The molecule has 0 aliphatic rings. The van der Waals surface area contributed by atoms with Crippen LogP contribution < -0.4 is 5.73 Å². The van der Waals surface area contributed by atoms with Crippen LogP contribution in [0.1, 0.15) is 47.3 Å². The van der Waals surface area contributed by atoms with Crippen LogP contribution in [0.4, 0.5) is 0 Å². The summed E-state index contributed by atoms with van der Waals surface area (Å²) < 4.78 is 0. The van der Waals surface area contributed by atoms with Crippen molar-refractivity contribution in [2.75, 3.05) is 6.54 Å². The number of hydrogen-bond acceptors (Lipinski definition) is 2. The molecule has 0 aromatic heterocycles. The Bertz CT molecular complexity index is 433. The van der Waals surface area contributed by atoms with Crippen LogP contribution in [0.3, 0.4) is 0 Å².